The lowest BCUT2D eigenvalue weighted by atomic mass is 10.1. The summed E-state index contributed by atoms with van der Waals surface area (Å²) in [6, 6.07) is 3.04. The smallest absolute Gasteiger partial charge is 0.462 e. The summed E-state index contributed by atoms with van der Waals surface area (Å²) in [6.07, 6.45) is -6.54. The van der Waals surface area contributed by atoms with Crippen molar-refractivity contribution < 1.29 is 37.7 Å². The van der Waals surface area contributed by atoms with Crippen LogP contribution in [0.5, 0.6) is 5.75 Å². The van der Waals surface area contributed by atoms with Gasteiger partial charge in [-0.3, -0.25) is 0 Å². The van der Waals surface area contributed by atoms with Gasteiger partial charge in [-0.25, -0.2) is 4.79 Å². The Hall–Kier alpha value is -1.80. The number of ether oxygens (including phenoxy) is 2. The molecule has 0 spiro atoms. The van der Waals surface area contributed by atoms with Crippen LogP contribution in [0, 0.1) is 0 Å². The highest BCUT2D eigenvalue weighted by atomic mass is 19.4. The third kappa shape index (κ3) is 4.39. The van der Waals surface area contributed by atoms with E-state index in [2.05, 4.69) is 9.47 Å². The van der Waals surface area contributed by atoms with E-state index in [1.54, 1.807) is 6.92 Å². The largest absolute Gasteiger partial charge is 0.573 e. The van der Waals surface area contributed by atoms with Crippen molar-refractivity contribution in [2.45, 2.75) is 19.4 Å². The summed E-state index contributed by atoms with van der Waals surface area (Å²) in [5.41, 5.74) is -0.433. The maximum absolute atomic E-state index is 12.3. The van der Waals surface area contributed by atoms with Gasteiger partial charge in [0, 0.05) is 5.56 Å². The Balaban J connectivity index is 3.17. The molecule has 0 bridgehead atoms. The zero-order valence-electron chi connectivity index (χ0n) is 10.5. The molecule has 0 heterocycles. The fourth-order valence-electron chi connectivity index (χ4n) is 1.46. The number of hydrogen-bond donors (Lipinski definition) is 2. The Morgan fingerprint density at radius 2 is 2.05 bits per heavy atom. The molecule has 5 nitrogen and oxygen atoms in total. The van der Waals surface area contributed by atoms with Gasteiger partial charge in [-0.15, -0.1) is 13.2 Å². The van der Waals surface area contributed by atoms with Gasteiger partial charge in [-0.1, -0.05) is 6.07 Å². The minimum Gasteiger partial charge on any atom is -0.462 e. The number of carbonyl (C=O) groups excluding carboxylic acids is 1. The van der Waals surface area contributed by atoms with Crippen molar-refractivity contribution in [3.8, 4) is 5.75 Å². The van der Waals surface area contributed by atoms with Crippen LogP contribution in [0.25, 0.3) is 0 Å². The Labute approximate surface area is 112 Å². The molecule has 0 aliphatic carbocycles. The summed E-state index contributed by atoms with van der Waals surface area (Å²) < 4.78 is 45.3. The van der Waals surface area contributed by atoms with Gasteiger partial charge in [0.05, 0.1) is 18.8 Å². The minimum absolute atomic E-state index is 0.0648. The zero-order chi connectivity index (χ0) is 15.3. The summed E-state index contributed by atoms with van der Waals surface area (Å²) in [6.45, 7) is 0.831. The standard InChI is InChI=1S/C12H13F3O5/c1-2-19-11(18)7-3-4-8(9(17)6-16)10(5-7)20-12(13,14)15/h3-5,9,16-17H,2,6H2,1H3/t9-/m0/s1. The maximum Gasteiger partial charge on any atom is 0.573 e. The zero-order valence-corrected chi connectivity index (χ0v) is 10.5. The second-order valence-electron chi connectivity index (χ2n) is 3.72. The van der Waals surface area contributed by atoms with Crippen molar-refractivity contribution in [2.24, 2.45) is 0 Å². The number of benzene rings is 1. The van der Waals surface area contributed by atoms with Crippen molar-refractivity contribution in [2.75, 3.05) is 13.2 Å². The molecule has 1 aromatic rings. The highest BCUT2D eigenvalue weighted by Gasteiger charge is 2.33. The summed E-state index contributed by atoms with van der Waals surface area (Å²) in [5, 5.41) is 18.2. The minimum atomic E-state index is -4.99. The van der Waals surface area contributed by atoms with Crippen LogP contribution in [0.15, 0.2) is 18.2 Å². The summed E-state index contributed by atoms with van der Waals surface area (Å²) >= 11 is 0. The molecule has 0 fully saturated rings. The molecule has 0 saturated carbocycles. The molecule has 0 aliphatic heterocycles. The molecule has 1 atom stereocenters. The molecule has 2 N–H and O–H groups in total. The van der Waals surface area contributed by atoms with Crippen LogP contribution in [0.3, 0.4) is 0 Å². The van der Waals surface area contributed by atoms with E-state index >= 15 is 0 Å². The van der Waals surface area contributed by atoms with E-state index in [9.17, 15) is 23.1 Å². The fourth-order valence-corrected chi connectivity index (χ4v) is 1.46. The van der Waals surface area contributed by atoms with Crippen LogP contribution < -0.4 is 4.74 Å². The molecule has 8 heteroatoms. The van der Waals surface area contributed by atoms with Crippen LogP contribution in [0.2, 0.25) is 0 Å². The number of esters is 1. The predicted octanol–water partition coefficient (Wildman–Crippen LogP) is 1.79. The molecule has 1 aromatic carbocycles. The number of halogens is 3. The van der Waals surface area contributed by atoms with Crippen LogP contribution in [0.4, 0.5) is 13.2 Å². The molecular weight excluding hydrogens is 281 g/mol. The molecule has 112 valence electrons. The van der Waals surface area contributed by atoms with E-state index in [-0.39, 0.29) is 17.7 Å². The number of rotatable bonds is 5. The Kier molecular flexibility index (Phi) is 5.34. The van der Waals surface area contributed by atoms with E-state index in [0.29, 0.717) is 0 Å². The van der Waals surface area contributed by atoms with E-state index < -0.39 is 30.8 Å². The number of hydrogen-bond acceptors (Lipinski definition) is 5. The molecular formula is C12H13F3O5. The number of carbonyl (C=O) groups is 1. The Morgan fingerprint density at radius 1 is 1.40 bits per heavy atom. The first-order valence-corrected chi connectivity index (χ1v) is 5.64. The van der Waals surface area contributed by atoms with Gasteiger partial charge in [0.2, 0.25) is 0 Å². The monoisotopic (exact) mass is 294 g/mol. The van der Waals surface area contributed by atoms with Gasteiger partial charge in [-0.2, -0.15) is 0 Å². The lowest BCUT2D eigenvalue weighted by molar-refractivity contribution is -0.275. The number of aliphatic hydroxyl groups excluding tert-OH is 2. The average Bonchev–Trinajstić information content (AvgIpc) is 2.36. The normalized spacial score (nSPS) is 12.9. The summed E-state index contributed by atoms with van der Waals surface area (Å²) in [4.78, 5) is 11.4. The highest BCUT2D eigenvalue weighted by Crippen LogP contribution is 2.31. The Bertz CT molecular complexity index is 473. The lowest BCUT2D eigenvalue weighted by Gasteiger charge is -2.16. The summed E-state index contributed by atoms with van der Waals surface area (Å²) in [7, 11) is 0. The molecule has 0 saturated heterocycles. The van der Waals surface area contributed by atoms with Gasteiger partial charge in [0.15, 0.2) is 0 Å². The van der Waals surface area contributed by atoms with E-state index in [0.717, 1.165) is 12.1 Å². The van der Waals surface area contributed by atoms with Crippen molar-refractivity contribution in [3.05, 3.63) is 29.3 Å². The van der Waals surface area contributed by atoms with Crippen molar-refractivity contribution >= 4 is 5.97 Å². The van der Waals surface area contributed by atoms with Crippen LogP contribution in [0.1, 0.15) is 28.9 Å². The van der Waals surface area contributed by atoms with E-state index in [1.807, 2.05) is 0 Å². The predicted molar refractivity (Wildman–Crippen MR) is 61.1 cm³/mol. The first-order chi connectivity index (χ1) is 9.28. The topological polar surface area (TPSA) is 76.0 Å². The molecule has 0 aliphatic rings. The molecule has 0 unspecified atom stereocenters. The quantitative estimate of drug-likeness (QED) is 0.810. The van der Waals surface area contributed by atoms with Gasteiger partial charge in [0.1, 0.15) is 11.9 Å². The number of aliphatic hydroxyl groups is 2. The van der Waals surface area contributed by atoms with Crippen LogP contribution in [-0.2, 0) is 4.74 Å². The lowest BCUT2D eigenvalue weighted by Crippen LogP contribution is -2.20. The third-order valence-corrected chi connectivity index (χ3v) is 2.28. The average molecular weight is 294 g/mol. The SMILES string of the molecule is CCOC(=O)c1ccc([C@@H](O)CO)c(OC(F)(F)F)c1. The van der Waals surface area contributed by atoms with Crippen molar-refractivity contribution in [1.82, 2.24) is 0 Å². The third-order valence-electron chi connectivity index (χ3n) is 2.28. The second kappa shape index (κ2) is 6.58. The molecule has 0 aromatic heterocycles. The summed E-state index contributed by atoms with van der Waals surface area (Å²) in [5.74, 6) is -1.57. The second-order valence-corrected chi connectivity index (χ2v) is 3.72. The molecule has 1 rings (SSSR count). The first kappa shape index (κ1) is 16.3. The van der Waals surface area contributed by atoms with Crippen LogP contribution >= 0.6 is 0 Å². The highest BCUT2D eigenvalue weighted by molar-refractivity contribution is 5.90. The van der Waals surface area contributed by atoms with Gasteiger partial charge < -0.3 is 19.7 Å². The van der Waals surface area contributed by atoms with Crippen molar-refractivity contribution in [3.63, 3.8) is 0 Å². The van der Waals surface area contributed by atoms with E-state index in [4.69, 9.17) is 5.11 Å². The number of alkyl halides is 3. The van der Waals surface area contributed by atoms with Gasteiger partial charge in [0.25, 0.3) is 0 Å². The Morgan fingerprint density at radius 3 is 2.55 bits per heavy atom. The van der Waals surface area contributed by atoms with Crippen molar-refractivity contribution in [1.29, 1.82) is 0 Å². The van der Waals surface area contributed by atoms with Gasteiger partial charge >= 0.3 is 12.3 Å². The fraction of sp³-hybridized carbons (Fsp3) is 0.417. The molecule has 0 amide bonds. The molecule has 20 heavy (non-hydrogen) atoms. The molecule has 0 radical (unpaired) electrons. The van der Waals surface area contributed by atoms with Gasteiger partial charge in [-0.05, 0) is 19.1 Å². The maximum atomic E-state index is 12.3. The first-order valence-electron chi connectivity index (χ1n) is 5.64. The van der Waals surface area contributed by atoms with Crippen LogP contribution in [-0.4, -0.2) is 35.8 Å². The van der Waals surface area contributed by atoms with E-state index in [1.165, 1.54) is 6.07 Å².